The fraction of sp³-hybridized carbons (Fsp3) is 0.375. The van der Waals surface area contributed by atoms with Gasteiger partial charge in [-0.1, -0.05) is 0 Å². The third kappa shape index (κ3) is 3.00. The number of anilines is 3. The van der Waals surface area contributed by atoms with Crippen molar-refractivity contribution in [1.82, 2.24) is 9.97 Å². The van der Waals surface area contributed by atoms with Crippen LogP contribution in [0.4, 0.5) is 17.3 Å². The lowest BCUT2D eigenvalue weighted by molar-refractivity contribution is 0.122. The van der Waals surface area contributed by atoms with Crippen LogP contribution in [0.2, 0.25) is 0 Å². The number of hydrogen-bond donors (Lipinski definition) is 1. The first-order chi connectivity index (χ1) is 11.3. The molecule has 0 saturated carbocycles. The molecule has 7 nitrogen and oxygen atoms in total. The van der Waals surface area contributed by atoms with Gasteiger partial charge in [0, 0.05) is 30.9 Å². The highest BCUT2D eigenvalue weighted by Crippen LogP contribution is 2.35. The highest BCUT2D eigenvalue weighted by atomic mass is 16.7. The second-order valence-corrected chi connectivity index (χ2v) is 5.45. The lowest BCUT2D eigenvalue weighted by Gasteiger charge is -2.28. The molecule has 2 aromatic rings. The highest BCUT2D eigenvalue weighted by molar-refractivity contribution is 5.63. The maximum absolute atomic E-state index is 5.40. The summed E-state index contributed by atoms with van der Waals surface area (Å²) >= 11 is 0. The number of hydrogen-bond acceptors (Lipinski definition) is 7. The Morgan fingerprint density at radius 1 is 1.04 bits per heavy atom. The number of benzene rings is 1. The number of fused-ring (bicyclic) bond motifs is 1. The predicted octanol–water partition coefficient (Wildman–Crippen LogP) is 2.09. The van der Waals surface area contributed by atoms with Gasteiger partial charge in [0.15, 0.2) is 11.5 Å². The van der Waals surface area contributed by atoms with Crippen molar-refractivity contribution in [2.75, 3.05) is 43.3 Å². The second-order valence-electron chi connectivity index (χ2n) is 5.45. The Labute approximate surface area is 134 Å². The molecule has 0 spiro atoms. The molecule has 0 aliphatic carbocycles. The summed E-state index contributed by atoms with van der Waals surface area (Å²) in [6.45, 7) is 5.32. The Hall–Kier alpha value is -2.54. The molecule has 1 aromatic carbocycles. The molecule has 7 heteroatoms. The van der Waals surface area contributed by atoms with Crippen molar-refractivity contribution < 1.29 is 14.2 Å². The van der Waals surface area contributed by atoms with Crippen LogP contribution in [0.5, 0.6) is 11.5 Å². The van der Waals surface area contributed by atoms with Crippen LogP contribution in [-0.2, 0) is 4.74 Å². The van der Waals surface area contributed by atoms with Crippen molar-refractivity contribution >= 4 is 17.3 Å². The number of nitrogens with one attached hydrogen (secondary N) is 1. The zero-order chi connectivity index (χ0) is 15.6. The lowest BCUT2D eigenvalue weighted by Crippen LogP contribution is -2.36. The van der Waals surface area contributed by atoms with Crippen LogP contribution >= 0.6 is 0 Å². The van der Waals surface area contributed by atoms with E-state index >= 15 is 0 Å². The van der Waals surface area contributed by atoms with Crippen LogP contribution in [0.25, 0.3) is 0 Å². The first-order valence-electron chi connectivity index (χ1n) is 7.63. The van der Waals surface area contributed by atoms with E-state index in [-0.39, 0.29) is 6.79 Å². The van der Waals surface area contributed by atoms with E-state index in [0.29, 0.717) is 0 Å². The third-order valence-electron chi connectivity index (χ3n) is 3.80. The molecule has 2 aliphatic rings. The lowest BCUT2D eigenvalue weighted by atomic mass is 10.2. The summed E-state index contributed by atoms with van der Waals surface area (Å²) in [6.07, 6.45) is 0. The fourth-order valence-corrected chi connectivity index (χ4v) is 2.69. The number of nitrogens with zero attached hydrogens (tertiary/aromatic N) is 3. The number of aromatic nitrogens is 2. The second kappa shape index (κ2) is 5.92. The average Bonchev–Trinajstić information content (AvgIpc) is 3.03. The summed E-state index contributed by atoms with van der Waals surface area (Å²) < 4.78 is 16.1. The number of ether oxygens (including phenoxy) is 3. The van der Waals surface area contributed by atoms with Crippen LogP contribution in [0.1, 0.15) is 5.82 Å². The molecule has 1 fully saturated rings. The van der Waals surface area contributed by atoms with E-state index in [0.717, 1.165) is 60.9 Å². The molecule has 2 aliphatic heterocycles. The summed E-state index contributed by atoms with van der Waals surface area (Å²) in [5.74, 6) is 3.93. The van der Waals surface area contributed by atoms with Gasteiger partial charge in [-0.25, -0.2) is 9.97 Å². The van der Waals surface area contributed by atoms with E-state index in [1.54, 1.807) is 0 Å². The van der Waals surface area contributed by atoms with Crippen molar-refractivity contribution in [2.24, 2.45) is 0 Å². The molecule has 23 heavy (non-hydrogen) atoms. The van der Waals surface area contributed by atoms with Crippen LogP contribution in [-0.4, -0.2) is 43.1 Å². The van der Waals surface area contributed by atoms with E-state index in [9.17, 15) is 0 Å². The quantitative estimate of drug-likeness (QED) is 0.930. The topological polar surface area (TPSA) is 68.7 Å². The molecular formula is C16H18N4O3. The normalized spacial score (nSPS) is 16.5. The highest BCUT2D eigenvalue weighted by Gasteiger charge is 2.16. The van der Waals surface area contributed by atoms with Gasteiger partial charge in [-0.3, -0.25) is 0 Å². The SMILES string of the molecule is Cc1nc(Nc2ccc3c(c2)OCO3)cc(N2CCOCC2)n1. The van der Waals surface area contributed by atoms with E-state index in [1.165, 1.54) is 0 Å². The van der Waals surface area contributed by atoms with Crippen LogP contribution in [0, 0.1) is 6.92 Å². The number of morpholine rings is 1. The Balaban J connectivity index is 1.57. The number of rotatable bonds is 3. The minimum atomic E-state index is 0.270. The zero-order valence-electron chi connectivity index (χ0n) is 12.9. The van der Waals surface area contributed by atoms with Crippen molar-refractivity contribution in [3.63, 3.8) is 0 Å². The predicted molar refractivity (Wildman–Crippen MR) is 85.6 cm³/mol. The molecule has 4 rings (SSSR count). The van der Waals surface area contributed by atoms with Gasteiger partial charge in [-0.2, -0.15) is 0 Å². The summed E-state index contributed by atoms with van der Waals surface area (Å²) in [4.78, 5) is 11.2. The van der Waals surface area contributed by atoms with Crippen molar-refractivity contribution in [1.29, 1.82) is 0 Å². The smallest absolute Gasteiger partial charge is 0.231 e. The van der Waals surface area contributed by atoms with Crippen LogP contribution < -0.4 is 19.7 Å². The summed E-state index contributed by atoms with van der Waals surface area (Å²) in [6, 6.07) is 7.71. The molecule has 120 valence electrons. The molecule has 0 bridgehead atoms. The molecule has 0 unspecified atom stereocenters. The maximum Gasteiger partial charge on any atom is 0.231 e. The average molecular weight is 314 g/mol. The summed E-state index contributed by atoms with van der Waals surface area (Å²) in [7, 11) is 0. The first kappa shape index (κ1) is 14.1. The maximum atomic E-state index is 5.40. The van der Waals surface area contributed by atoms with E-state index in [2.05, 4.69) is 20.2 Å². The largest absolute Gasteiger partial charge is 0.454 e. The Morgan fingerprint density at radius 2 is 1.87 bits per heavy atom. The van der Waals surface area contributed by atoms with Gasteiger partial charge in [0.1, 0.15) is 17.5 Å². The summed E-state index contributed by atoms with van der Waals surface area (Å²) in [5.41, 5.74) is 0.903. The summed E-state index contributed by atoms with van der Waals surface area (Å²) in [5, 5.41) is 3.31. The number of aryl methyl sites for hydroxylation is 1. The molecule has 0 radical (unpaired) electrons. The van der Waals surface area contributed by atoms with Crippen molar-refractivity contribution in [2.45, 2.75) is 6.92 Å². The van der Waals surface area contributed by atoms with Gasteiger partial charge in [0.2, 0.25) is 6.79 Å². The third-order valence-corrected chi connectivity index (χ3v) is 3.80. The molecule has 0 atom stereocenters. The molecule has 1 N–H and O–H groups in total. The Kier molecular flexibility index (Phi) is 3.63. The monoisotopic (exact) mass is 314 g/mol. The van der Waals surface area contributed by atoms with E-state index < -0.39 is 0 Å². The minimum absolute atomic E-state index is 0.270. The van der Waals surface area contributed by atoms with E-state index in [1.807, 2.05) is 31.2 Å². The molecule has 0 amide bonds. The molecule has 3 heterocycles. The molecular weight excluding hydrogens is 296 g/mol. The zero-order valence-corrected chi connectivity index (χ0v) is 12.9. The fourth-order valence-electron chi connectivity index (χ4n) is 2.69. The van der Waals surface area contributed by atoms with Gasteiger partial charge >= 0.3 is 0 Å². The Morgan fingerprint density at radius 3 is 2.74 bits per heavy atom. The van der Waals surface area contributed by atoms with Gasteiger partial charge in [0.25, 0.3) is 0 Å². The van der Waals surface area contributed by atoms with Gasteiger partial charge in [-0.05, 0) is 19.1 Å². The van der Waals surface area contributed by atoms with E-state index in [4.69, 9.17) is 14.2 Å². The van der Waals surface area contributed by atoms with Gasteiger partial charge in [-0.15, -0.1) is 0 Å². The minimum Gasteiger partial charge on any atom is -0.454 e. The van der Waals surface area contributed by atoms with Gasteiger partial charge in [0.05, 0.1) is 13.2 Å². The molecule has 1 saturated heterocycles. The van der Waals surface area contributed by atoms with Crippen LogP contribution in [0.15, 0.2) is 24.3 Å². The first-order valence-corrected chi connectivity index (χ1v) is 7.63. The van der Waals surface area contributed by atoms with Crippen molar-refractivity contribution in [3.8, 4) is 11.5 Å². The van der Waals surface area contributed by atoms with Crippen molar-refractivity contribution in [3.05, 3.63) is 30.1 Å². The Bertz CT molecular complexity index is 716. The standard InChI is InChI=1S/C16H18N4O3/c1-11-17-15(9-16(18-11)20-4-6-21-7-5-20)19-12-2-3-13-14(8-12)23-10-22-13/h2-3,8-9H,4-7,10H2,1H3,(H,17,18,19). The van der Waals surface area contributed by atoms with Crippen LogP contribution in [0.3, 0.4) is 0 Å². The van der Waals surface area contributed by atoms with Gasteiger partial charge < -0.3 is 24.4 Å². The molecule has 1 aromatic heterocycles.